The molecule has 2 aromatic heterocycles. The number of hydrogen-bond donors (Lipinski definition) is 2. The van der Waals surface area contributed by atoms with Crippen molar-refractivity contribution in [1.29, 1.82) is 0 Å². The minimum absolute atomic E-state index is 0.267. The van der Waals surface area contributed by atoms with E-state index in [1.54, 1.807) is 24.5 Å². The first-order valence-corrected chi connectivity index (χ1v) is 5.56. The average molecular weight is 242 g/mol. The minimum Gasteiger partial charge on any atom is -0.503 e. The third-order valence-electron chi connectivity index (χ3n) is 2.54. The molecule has 4 heteroatoms. The average Bonchev–Trinajstić information content (AvgIpc) is 2.37. The van der Waals surface area contributed by atoms with E-state index in [0.29, 0.717) is 11.4 Å². The van der Waals surface area contributed by atoms with Crippen LogP contribution in [0.15, 0.2) is 36.7 Å². The fourth-order valence-corrected chi connectivity index (χ4v) is 1.57. The van der Waals surface area contributed by atoms with Gasteiger partial charge >= 0.3 is 0 Å². The third kappa shape index (κ3) is 2.48. The molecule has 0 aliphatic heterocycles. The van der Waals surface area contributed by atoms with Crippen molar-refractivity contribution in [3.8, 4) is 0 Å². The predicted octanol–water partition coefficient (Wildman–Crippen LogP) is 3.04. The summed E-state index contributed by atoms with van der Waals surface area (Å²) in [6.07, 6.45) is 3.16. The Morgan fingerprint density at radius 2 is 1.22 bits per heavy atom. The van der Waals surface area contributed by atoms with Crippen LogP contribution in [0, 0.1) is 13.8 Å². The first-order valence-electron chi connectivity index (χ1n) is 5.56. The van der Waals surface area contributed by atoms with E-state index in [-0.39, 0.29) is 11.5 Å². The Morgan fingerprint density at radius 1 is 0.833 bits per heavy atom. The number of aryl methyl sites for hydroxylation is 2. The molecule has 0 saturated heterocycles. The lowest BCUT2D eigenvalue weighted by Crippen LogP contribution is -1.96. The zero-order chi connectivity index (χ0) is 13.1. The van der Waals surface area contributed by atoms with Crippen molar-refractivity contribution in [2.45, 2.75) is 13.8 Å². The summed E-state index contributed by atoms with van der Waals surface area (Å²) < 4.78 is 0. The van der Waals surface area contributed by atoms with Crippen LogP contribution in [0.5, 0.6) is 0 Å². The van der Waals surface area contributed by atoms with Crippen LogP contribution in [-0.4, -0.2) is 20.2 Å². The molecule has 4 nitrogen and oxygen atoms in total. The number of hydrogen-bond acceptors (Lipinski definition) is 4. The minimum atomic E-state index is -0.267. The molecule has 0 aromatic carbocycles. The van der Waals surface area contributed by atoms with Crippen molar-refractivity contribution in [2.24, 2.45) is 0 Å². The molecule has 0 spiro atoms. The van der Waals surface area contributed by atoms with E-state index >= 15 is 0 Å². The molecule has 0 unspecified atom stereocenters. The molecular formula is C14H14N2O2. The second-order valence-corrected chi connectivity index (χ2v) is 4.13. The summed E-state index contributed by atoms with van der Waals surface area (Å²) in [5.74, 6) is -0.534. The van der Waals surface area contributed by atoms with E-state index in [4.69, 9.17) is 0 Å². The van der Waals surface area contributed by atoms with Gasteiger partial charge in [-0.25, -0.2) is 0 Å². The fraction of sp³-hybridized carbons (Fsp3) is 0.143. The highest BCUT2D eigenvalue weighted by molar-refractivity contribution is 5.79. The Balaban J connectivity index is 2.47. The number of pyridine rings is 2. The summed E-state index contributed by atoms with van der Waals surface area (Å²) in [4.78, 5) is 8.03. The van der Waals surface area contributed by atoms with Crippen molar-refractivity contribution >= 4 is 11.5 Å². The van der Waals surface area contributed by atoms with Crippen molar-refractivity contribution < 1.29 is 10.2 Å². The van der Waals surface area contributed by atoms with Gasteiger partial charge in [0.05, 0.1) is 0 Å². The predicted molar refractivity (Wildman–Crippen MR) is 70.0 cm³/mol. The Kier molecular flexibility index (Phi) is 3.28. The van der Waals surface area contributed by atoms with E-state index in [2.05, 4.69) is 9.97 Å². The van der Waals surface area contributed by atoms with Gasteiger partial charge in [0.1, 0.15) is 11.4 Å². The van der Waals surface area contributed by atoms with Crippen LogP contribution in [0.3, 0.4) is 0 Å². The zero-order valence-corrected chi connectivity index (χ0v) is 10.3. The Hall–Kier alpha value is -2.36. The molecule has 0 atom stereocenters. The highest BCUT2D eigenvalue weighted by Gasteiger charge is 2.11. The van der Waals surface area contributed by atoms with E-state index in [1.807, 2.05) is 26.0 Å². The molecule has 0 fully saturated rings. The van der Waals surface area contributed by atoms with Crippen LogP contribution in [0.1, 0.15) is 22.5 Å². The van der Waals surface area contributed by atoms with Crippen molar-refractivity contribution in [3.05, 3.63) is 59.2 Å². The first kappa shape index (κ1) is 12.1. The maximum atomic E-state index is 9.98. The van der Waals surface area contributed by atoms with E-state index in [0.717, 1.165) is 11.1 Å². The molecule has 0 radical (unpaired) electrons. The molecule has 2 aromatic rings. The lowest BCUT2D eigenvalue weighted by atomic mass is 10.1. The molecule has 2 N–H and O–H groups in total. The SMILES string of the molecule is Cc1ccnc(/C(O)=C(\O)c2cc(C)ccn2)c1. The standard InChI is InChI=1S/C14H14N2O2/c1-9-3-5-15-11(7-9)13(17)14(18)12-8-10(2)4-6-16-12/h3-8,17-18H,1-2H3/b14-13+. The zero-order valence-electron chi connectivity index (χ0n) is 10.3. The topological polar surface area (TPSA) is 66.2 Å². The van der Waals surface area contributed by atoms with Crippen molar-refractivity contribution in [1.82, 2.24) is 9.97 Å². The van der Waals surface area contributed by atoms with Gasteiger partial charge in [-0.15, -0.1) is 0 Å². The van der Waals surface area contributed by atoms with Gasteiger partial charge in [0.2, 0.25) is 0 Å². The summed E-state index contributed by atoms with van der Waals surface area (Å²) in [5, 5.41) is 20.0. The van der Waals surface area contributed by atoms with Gasteiger partial charge in [0, 0.05) is 12.4 Å². The molecule has 0 aliphatic rings. The molecule has 2 rings (SSSR count). The molecule has 18 heavy (non-hydrogen) atoms. The van der Waals surface area contributed by atoms with E-state index in [1.165, 1.54) is 0 Å². The van der Waals surface area contributed by atoms with Crippen LogP contribution in [0.2, 0.25) is 0 Å². The summed E-state index contributed by atoms with van der Waals surface area (Å²) >= 11 is 0. The summed E-state index contributed by atoms with van der Waals surface area (Å²) in [6.45, 7) is 3.78. The van der Waals surface area contributed by atoms with Crippen molar-refractivity contribution in [3.63, 3.8) is 0 Å². The highest BCUT2D eigenvalue weighted by Crippen LogP contribution is 2.20. The molecule has 0 amide bonds. The van der Waals surface area contributed by atoms with Gasteiger partial charge in [-0.3, -0.25) is 9.97 Å². The maximum absolute atomic E-state index is 9.98. The van der Waals surface area contributed by atoms with Gasteiger partial charge in [-0.05, 0) is 49.2 Å². The van der Waals surface area contributed by atoms with Crippen LogP contribution in [0.25, 0.3) is 11.5 Å². The largest absolute Gasteiger partial charge is 0.503 e. The van der Waals surface area contributed by atoms with E-state index < -0.39 is 0 Å². The Labute approximate surface area is 105 Å². The normalized spacial score (nSPS) is 12.1. The molecular weight excluding hydrogens is 228 g/mol. The number of nitrogens with zero attached hydrogens (tertiary/aromatic N) is 2. The number of rotatable bonds is 2. The molecule has 0 bridgehead atoms. The maximum Gasteiger partial charge on any atom is 0.186 e. The molecule has 0 saturated carbocycles. The first-order chi connectivity index (χ1) is 8.58. The quantitative estimate of drug-likeness (QED) is 0.794. The van der Waals surface area contributed by atoms with E-state index in [9.17, 15) is 10.2 Å². The Morgan fingerprint density at radius 3 is 1.56 bits per heavy atom. The third-order valence-corrected chi connectivity index (χ3v) is 2.54. The number of aliphatic hydroxyl groups is 2. The highest BCUT2D eigenvalue weighted by atomic mass is 16.3. The number of aromatic nitrogens is 2. The van der Waals surface area contributed by atoms with Crippen LogP contribution >= 0.6 is 0 Å². The van der Waals surface area contributed by atoms with Gasteiger partial charge < -0.3 is 10.2 Å². The lowest BCUT2D eigenvalue weighted by molar-refractivity contribution is 0.455. The Bertz CT molecular complexity index is 553. The molecule has 0 aliphatic carbocycles. The second-order valence-electron chi connectivity index (χ2n) is 4.13. The van der Waals surface area contributed by atoms with Crippen LogP contribution in [0.4, 0.5) is 0 Å². The lowest BCUT2D eigenvalue weighted by Gasteiger charge is -2.05. The van der Waals surface area contributed by atoms with Crippen molar-refractivity contribution in [2.75, 3.05) is 0 Å². The van der Waals surface area contributed by atoms with Gasteiger partial charge in [-0.2, -0.15) is 0 Å². The van der Waals surface area contributed by atoms with Crippen LogP contribution < -0.4 is 0 Å². The second kappa shape index (κ2) is 4.87. The van der Waals surface area contributed by atoms with Crippen LogP contribution in [-0.2, 0) is 0 Å². The smallest absolute Gasteiger partial charge is 0.186 e. The summed E-state index contributed by atoms with van der Waals surface area (Å²) in [5.41, 5.74) is 2.57. The fourth-order valence-electron chi connectivity index (χ4n) is 1.57. The van der Waals surface area contributed by atoms with Gasteiger partial charge in [-0.1, -0.05) is 0 Å². The number of aliphatic hydroxyl groups excluding tert-OH is 2. The van der Waals surface area contributed by atoms with Gasteiger partial charge in [0.15, 0.2) is 11.5 Å². The molecule has 92 valence electrons. The van der Waals surface area contributed by atoms with Gasteiger partial charge in [0.25, 0.3) is 0 Å². The summed E-state index contributed by atoms with van der Waals surface area (Å²) in [6, 6.07) is 7.03. The molecule has 2 heterocycles. The monoisotopic (exact) mass is 242 g/mol. The summed E-state index contributed by atoms with van der Waals surface area (Å²) in [7, 11) is 0.